The number of nitrogens with zero attached hydrogens (tertiary/aromatic N) is 3. The number of anilines is 1. The first kappa shape index (κ1) is 25.2. The molecule has 39 heavy (non-hydrogen) atoms. The Morgan fingerprint density at radius 1 is 0.821 bits per heavy atom. The fourth-order valence-electron chi connectivity index (χ4n) is 5.35. The van der Waals surface area contributed by atoms with Gasteiger partial charge in [0.05, 0.1) is 17.8 Å². The standard InChI is InChI=1S/C32H27ClN4OS/c1-21-19-28(22(2)36(21)25-10-8-9-23(33)20-25)31-30(29-13-6-7-18-34-29)35-32(39)37(31)24-14-16-27(17-15-24)38-26-11-4-3-5-12-26/h3-20,30-31H,1-2H3,(H,35,39). The molecule has 2 unspecified atom stereocenters. The van der Waals surface area contributed by atoms with Crippen LogP contribution in [0, 0.1) is 13.8 Å². The van der Waals surface area contributed by atoms with Crippen LogP contribution < -0.4 is 15.0 Å². The molecule has 2 atom stereocenters. The van der Waals surface area contributed by atoms with Gasteiger partial charge in [0.1, 0.15) is 11.5 Å². The van der Waals surface area contributed by atoms with Gasteiger partial charge in [-0.15, -0.1) is 0 Å². The molecule has 1 saturated heterocycles. The van der Waals surface area contributed by atoms with Crippen LogP contribution >= 0.6 is 23.8 Å². The second-order valence-corrected chi connectivity index (χ2v) is 10.4. The van der Waals surface area contributed by atoms with Gasteiger partial charge < -0.3 is 19.5 Å². The fraction of sp³-hybridized carbons (Fsp3) is 0.125. The highest BCUT2D eigenvalue weighted by molar-refractivity contribution is 7.80. The Labute approximate surface area is 238 Å². The molecule has 0 amide bonds. The van der Waals surface area contributed by atoms with Crippen LogP contribution in [0.4, 0.5) is 5.69 Å². The Bertz CT molecular complexity index is 1620. The number of halogens is 1. The summed E-state index contributed by atoms with van der Waals surface area (Å²) in [4.78, 5) is 6.88. The third kappa shape index (κ3) is 4.89. The molecular weight excluding hydrogens is 524 g/mol. The third-order valence-electron chi connectivity index (χ3n) is 7.05. The number of thiocarbonyl (C=S) groups is 1. The van der Waals surface area contributed by atoms with E-state index in [1.165, 1.54) is 5.56 Å². The van der Waals surface area contributed by atoms with Crippen LogP contribution in [0.3, 0.4) is 0 Å². The maximum Gasteiger partial charge on any atom is 0.174 e. The molecule has 0 bridgehead atoms. The molecule has 6 rings (SSSR count). The van der Waals surface area contributed by atoms with Crippen LogP contribution in [0.2, 0.25) is 5.02 Å². The SMILES string of the molecule is Cc1cc(C2C(c3ccccn3)NC(=S)N2c2ccc(Oc3ccccc3)cc2)c(C)n1-c1cccc(Cl)c1. The van der Waals surface area contributed by atoms with E-state index in [9.17, 15) is 0 Å². The fourth-order valence-corrected chi connectivity index (χ4v) is 5.88. The maximum absolute atomic E-state index is 6.36. The Morgan fingerprint density at radius 2 is 1.56 bits per heavy atom. The molecule has 3 heterocycles. The van der Waals surface area contributed by atoms with Crippen LogP contribution in [0.5, 0.6) is 11.5 Å². The molecular formula is C32H27ClN4OS. The summed E-state index contributed by atoms with van der Waals surface area (Å²) in [6.45, 7) is 4.27. The minimum absolute atomic E-state index is 0.118. The molecule has 1 aliphatic rings. The van der Waals surface area contributed by atoms with Gasteiger partial charge in [-0.2, -0.15) is 0 Å². The van der Waals surface area contributed by atoms with Crippen molar-refractivity contribution < 1.29 is 4.74 Å². The number of aromatic nitrogens is 2. The van der Waals surface area contributed by atoms with E-state index in [0.717, 1.165) is 40.0 Å². The van der Waals surface area contributed by atoms with Gasteiger partial charge in [0.2, 0.25) is 0 Å². The van der Waals surface area contributed by atoms with Gasteiger partial charge >= 0.3 is 0 Å². The first-order chi connectivity index (χ1) is 19.0. The lowest BCUT2D eigenvalue weighted by molar-refractivity contribution is 0.482. The molecule has 0 saturated carbocycles. The second kappa shape index (κ2) is 10.6. The third-order valence-corrected chi connectivity index (χ3v) is 7.60. The molecule has 7 heteroatoms. The number of hydrogen-bond donors (Lipinski definition) is 1. The average Bonchev–Trinajstić information content (AvgIpc) is 3.45. The quantitative estimate of drug-likeness (QED) is 0.216. The van der Waals surface area contributed by atoms with Gasteiger partial charge in [-0.05, 0) is 104 Å². The average molecular weight is 551 g/mol. The van der Waals surface area contributed by atoms with Gasteiger partial charge in [0.25, 0.3) is 0 Å². The molecule has 5 nitrogen and oxygen atoms in total. The van der Waals surface area contributed by atoms with Crippen molar-refractivity contribution in [2.24, 2.45) is 0 Å². The number of nitrogens with one attached hydrogen (secondary N) is 1. The smallest absolute Gasteiger partial charge is 0.174 e. The molecule has 1 aliphatic heterocycles. The van der Waals surface area contributed by atoms with Crippen LogP contribution in [-0.2, 0) is 0 Å². The molecule has 0 spiro atoms. The van der Waals surface area contributed by atoms with Crippen LogP contribution in [0.1, 0.15) is 34.7 Å². The Balaban J connectivity index is 1.42. The number of rotatable bonds is 6. The highest BCUT2D eigenvalue weighted by Crippen LogP contribution is 2.44. The number of para-hydroxylation sites is 1. The molecule has 194 valence electrons. The van der Waals surface area contributed by atoms with Crippen molar-refractivity contribution in [2.45, 2.75) is 25.9 Å². The van der Waals surface area contributed by atoms with E-state index >= 15 is 0 Å². The zero-order valence-corrected chi connectivity index (χ0v) is 23.2. The van der Waals surface area contributed by atoms with Crippen molar-refractivity contribution in [2.75, 3.05) is 4.90 Å². The highest BCUT2D eigenvalue weighted by Gasteiger charge is 2.42. The summed E-state index contributed by atoms with van der Waals surface area (Å²) in [5.41, 5.74) is 6.35. The Morgan fingerprint density at radius 3 is 2.28 bits per heavy atom. The number of hydrogen-bond acceptors (Lipinski definition) is 3. The number of aryl methyl sites for hydroxylation is 1. The lowest BCUT2D eigenvalue weighted by atomic mass is 9.96. The van der Waals surface area contributed by atoms with Gasteiger partial charge in [-0.25, -0.2) is 0 Å². The van der Waals surface area contributed by atoms with Crippen molar-refractivity contribution in [1.29, 1.82) is 0 Å². The van der Waals surface area contributed by atoms with Crippen molar-refractivity contribution in [1.82, 2.24) is 14.9 Å². The van der Waals surface area contributed by atoms with Gasteiger partial charge in [0, 0.05) is 34.0 Å². The lowest BCUT2D eigenvalue weighted by Crippen LogP contribution is -2.29. The number of ether oxygens (including phenoxy) is 1. The minimum Gasteiger partial charge on any atom is -0.457 e. The van der Waals surface area contributed by atoms with Gasteiger partial charge in [-0.3, -0.25) is 4.98 Å². The molecule has 5 aromatic rings. The van der Waals surface area contributed by atoms with Crippen molar-refractivity contribution in [3.05, 3.63) is 137 Å². The van der Waals surface area contributed by atoms with E-state index in [-0.39, 0.29) is 12.1 Å². The van der Waals surface area contributed by atoms with E-state index in [0.29, 0.717) is 10.1 Å². The topological polar surface area (TPSA) is 42.3 Å². The highest BCUT2D eigenvalue weighted by atomic mass is 35.5. The van der Waals surface area contributed by atoms with Crippen LogP contribution in [0.25, 0.3) is 5.69 Å². The van der Waals surface area contributed by atoms with Crippen LogP contribution in [-0.4, -0.2) is 14.7 Å². The van der Waals surface area contributed by atoms with Crippen LogP contribution in [0.15, 0.2) is 109 Å². The molecule has 1 fully saturated rings. The molecule has 1 N–H and O–H groups in total. The van der Waals surface area contributed by atoms with E-state index < -0.39 is 0 Å². The van der Waals surface area contributed by atoms with Gasteiger partial charge in [-0.1, -0.05) is 41.9 Å². The molecule has 3 aromatic carbocycles. The summed E-state index contributed by atoms with van der Waals surface area (Å²) < 4.78 is 8.27. The van der Waals surface area contributed by atoms with Crippen molar-refractivity contribution >= 4 is 34.6 Å². The summed E-state index contributed by atoms with van der Waals surface area (Å²) >= 11 is 12.3. The van der Waals surface area contributed by atoms with Crippen molar-refractivity contribution in [3.8, 4) is 17.2 Å². The Hall–Kier alpha value is -4.13. The first-order valence-corrected chi connectivity index (χ1v) is 13.6. The van der Waals surface area contributed by atoms with E-state index in [2.05, 4.69) is 52.9 Å². The Kier molecular flexibility index (Phi) is 6.81. The summed E-state index contributed by atoms with van der Waals surface area (Å²) in [5, 5.41) is 4.92. The summed E-state index contributed by atoms with van der Waals surface area (Å²) in [6, 6.07) is 33.7. The predicted molar refractivity (Wildman–Crippen MR) is 161 cm³/mol. The molecule has 0 radical (unpaired) electrons. The lowest BCUT2D eigenvalue weighted by Gasteiger charge is -2.28. The zero-order chi connectivity index (χ0) is 26.9. The largest absolute Gasteiger partial charge is 0.457 e. The van der Waals surface area contributed by atoms with E-state index in [1.54, 1.807) is 0 Å². The van der Waals surface area contributed by atoms with E-state index in [4.69, 9.17) is 33.5 Å². The first-order valence-electron chi connectivity index (χ1n) is 12.8. The van der Waals surface area contributed by atoms with Crippen molar-refractivity contribution in [3.63, 3.8) is 0 Å². The summed E-state index contributed by atoms with van der Waals surface area (Å²) in [7, 11) is 0. The monoisotopic (exact) mass is 550 g/mol. The number of pyridine rings is 1. The minimum atomic E-state index is -0.132. The summed E-state index contributed by atoms with van der Waals surface area (Å²) in [5.74, 6) is 1.56. The predicted octanol–water partition coefficient (Wildman–Crippen LogP) is 8.11. The summed E-state index contributed by atoms with van der Waals surface area (Å²) in [6.07, 6.45) is 1.82. The van der Waals surface area contributed by atoms with Gasteiger partial charge in [0.15, 0.2) is 5.11 Å². The molecule has 0 aliphatic carbocycles. The number of benzene rings is 3. The second-order valence-electron chi connectivity index (χ2n) is 9.55. The maximum atomic E-state index is 6.36. The zero-order valence-electron chi connectivity index (χ0n) is 21.6. The molecule has 2 aromatic heterocycles. The normalized spacial score (nSPS) is 16.8. The van der Waals surface area contributed by atoms with E-state index in [1.807, 2.05) is 85.1 Å².